The summed E-state index contributed by atoms with van der Waals surface area (Å²) in [6, 6.07) is 3.95. The molecule has 0 aromatic carbocycles. The van der Waals surface area contributed by atoms with E-state index in [-0.39, 0.29) is 11.8 Å². The minimum Gasteiger partial charge on any atom is -0.383 e. The van der Waals surface area contributed by atoms with Crippen LogP contribution in [0.4, 0.5) is 0 Å². The molecule has 8 heteroatoms. The Kier molecular flexibility index (Phi) is 5.78. The van der Waals surface area contributed by atoms with Gasteiger partial charge in [-0.05, 0) is 25.0 Å². The number of aromatic nitrogens is 4. The van der Waals surface area contributed by atoms with Crippen LogP contribution in [0.2, 0.25) is 0 Å². The zero-order valence-electron chi connectivity index (χ0n) is 15.8. The number of rotatable bonds is 7. The summed E-state index contributed by atoms with van der Waals surface area (Å²) in [6.45, 7) is 1.82. The SMILES string of the molecule is COCCn1cncc1CNC(=O)C1CCc2sc(-c3ccncc3)nc2C1. The van der Waals surface area contributed by atoms with Crippen LogP contribution in [0.25, 0.3) is 10.6 Å². The molecule has 28 heavy (non-hydrogen) atoms. The third-order valence-corrected chi connectivity index (χ3v) is 6.22. The van der Waals surface area contributed by atoms with E-state index in [9.17, 15) is 4.79 Å². The van der Waals surface area contributed by atoms with E-state index >= 15 is 0 Å². The zero-order valence-corrected chi connectivity index (χ0v) is 16.6. The number of ether oxygens (including phenoxy) is 1. The number of pyridine rings is 1. The molecular formula is C20H23N5O2S. The van der Waals surface area contributed by atoms with Crippen LogP contribution in [0, 0.1) is 5.92 Å². The lowest BCUT2D eigenvalue weighted by Crippen LogP contribution is -2.34. The number of nitrogens with one attached hydrogen (secondary N) is 1. The van der Waals surface area contributed by atoms with Gasteiger partial charge in [0.1, 0.15) is 5.01 Å². The van der Waals surface area contributed by atoms with E-state index in [1.165, 1.54) is 4.88 Å². The normalized spacial score (nSPS) is 16.0. The molecule has 3 heterocycles. The molecule has 3 aromatic rings. The van der Waals surface area contributed by atoms with Gasteiger partial charge in [0.15, 0.2) is 0 Å². The fraction of sp³-hybridized carbons (Fsp3) is 0.400. The van der Waals surface area contributed by atoms with Crippen molar-refractivity contribution in [2.45, 2.75) is 32.4 Å². The molecule has 1 N–H and O–H groups in total. The topological polar surface area (TPSA) is 81.9 Å². The lowest BCUT2D eigenvalue weighted by Gasteiger charge is -2.20. The molecule has 1 amide bonds. The Morgan fingerprint density at radius 3 is 3.04 bits per heavy atom. The molecule has 7 nitrogen and oxygen atoms in total. The molecule has 0 saturated carbocycles. The highest BCUT2D eigenvalue weighted by Crippen LogP contribution is 2.34. The fourth-order valence-electron chi connectivity index (χ4n) is 3.43. The van der Waals surface area contributed by atoms with Crippen LogP contribution in [0.5, 0.6) is 0 Å². The largest absolute Gasteiger partial charge is 0.383 e. The number of fused-ring (bicyclic) bond motifs is 1. The van der Waals surface area contributed by atoms with Gasteiger partial charge >= 0.3 is 0 Å². The number of amides is 1. The first-order chi connectivity index (χ1) is 13.7. The smallest absolute Gasteiger partial charge is 0.223 e. The minimum atomic E-state index is -0.0322. The Balaban J connectivity index is 1.37. The van der Waals surface area contributed by atoms with Crippen LogP contribution in [-0.4, -0.2) is 39.1 Å². The fourth-order valence-corrected chi connectivity index (χ4v) is 4.54. The number of hydrogen-bond acceptors (Lipinski definition) is 6. The Hall–Kier alpha value is -2.58. The number of aryl methyl sites for hydroxylation is 1. The maximum Gasteiger partial charge on any atom is 0.223 e. The van der Waals surface area contributed by atoms with Gasteiger partial charge in [-0.1, -0.05) is 0 Å². The molecule has 0 radical (unpaired) electrons. The maximum atomic E-state index is 12.7. The summed E-state index contributed by atoms with van der Waals surface area (Å²) in [7, 11) is 1.67. The van der Waals surface area contributed by atoms with Crippen LogP contribution in [0.15, 0.2) is 37.1 Å². The van der Waals surface area contributed by atoms with E-state index in [0.29, 0.717) is 19.6 Å². The number of thiazole rings is 1. The van der Waals surface area contributed by atoms with E-state index in [4.69, 9.17) is 9.72 Å². The number of imidazole rings is 1. The first-order valence-electron chi connectivity index (χ1n) is 9.39. The molecular weight excluding hydrogens is 374 g/mol. The van der Waals surface area contributed by atoms with Crippen molar-refractivity contribution in [3.63, 3.8) is 0 Å². The van der Waals surface area contributed by atoms with E-state index in [0.717, 1.165) is 41.3 Å². The van der Waals surface area contributed by atoms with Crippen LogP contribution >= 0.6 is 11.3 Å². The summed E-state index contributed by atoms with van der Waals surface area (Å²) < 4.78 is 7.12. The molecule has 0 fully saturated rings. The lowest BCUT2D eigenvalue weighted by molar-refractivity contribution is -0.125. The molecule has 1 unspecified atom stereocenters. The van der Waals surface area contributed by atoms with Crippen molar-refractivity contribution in [2.24, 2.45) is 5.92 Å². The van der Waals surface area contributed by atoms with Crippen LogP contribution in [0.3, 0.4) is 0 Å². The van der Waals surface area contributed by atoms with Crippen molar-refractivity contribution in [2.75, 3.05) is 13.7 Å². The molecule has 3 aromatic heterocycles. The highest BCUT2D eigenvalue weighted by molar-refractivity contribution is 7.15. The zero-order chi connectivity index (χ0) is 19.3. The van der Waals surface area contributed by atoms with Gasteiger partial charge in [-0.15, -0.1) is 11.3 Å². The molecule has 0 aliphatic heterocycles. The predicted molar refractivity (Wildman–Crippen MR) is 107 cm³/mol. The summed E-state index contributed by atoms with van der Waals surface area (Å²) >= 11 is 1.73. The maximum absolute atomic E-state index is 12.7. The molecule has 1 aliphatic rings. The lowest BCUT2D eigenvalue weighted by atomic mass is 9.90. The molecule has 146 valence electrons. The van der Waals surface area contributed by atoms with E-state index in [1.54, 1.807) is 43.4 Å². The van der Waals surface area contributed by atoms with E-state index in [1.807, 2.05) is 16.7 Å². The highest BCUT2D eigenvalue weighted by atomic mass is 32.1. The molecule has 4 rings (SSSR count). The molecule has 0 bridgehead atoms. The first-order valence-corrected chi connectivity index (χ1v) is 10.2. The standard InChI is InChI=1S/C20H23N5O2S/c1-27-9-8-25-13-22-11-16(25)12-23-19(26)15-2-3-18-17(10-15)24-20(28-18)14-4-6-21-7-5-14/h4-7,11,13,15H,2-3,8-10,12H2,1H3,(H,23,26). The average Bonchev–Trinajstić information content (AvgIpc) is 3.37. The van der Waals surface area contributed by atoms with E-state index in [2.05, 4.69) is 15.3 Å². The molecule has 0 spiro atoms. The average molecular weight is 398 g/mol. The number of carbonyl (C=O) groups is 1. The number of carbonyl (C=O) groups excluding carboxylic acids is 1. The summed E-state index contributed by atoms with van der Waals surface area (Å²) in [6.07, 6.45) is 9.58. The van der Waals surface area contributed by atoms with Crippen molar-refractivity contribution in [3.05, 3.63) is 53.3 Å². The van der Waals surface area contributed by atoms with Crippen molar-refractivity contribution < 1.29 is 9.53 Å². The quantitative estimate of drug-likeness (QED) is 0.662. The van der Waals surface area contributed by atoms with Crippen molar-refractivity contribution in [3.8, 4) is 10.6 Å². The summed E-state index contributed by atoms with van der Waals surface area (Å²) in [4.78, 5) is 27.0. The molecule has 1 atom stereocenters. The number of hydrogen-bond donors (Lipinski definition) is 1. The summed E-state index contributed by atoms with van der Waals surface area (Å²) in [5, 5.41) is 4.08. The van der Waals surface area contributed by atoms with Gasteiger partial charge in [0, 0.05) is 55.0 Å². The molecule has 1 aliphatic carbocycles. The second-order valence-corrected chi connectivity index (χ2v) is 7.94. The van der Waals surface area contributed by atoms with Crippen molar-refractivity contribution >= 4 is 17.2 Å². The van der Waals surface area contributed by atoms with Gasteiger partial charge in [0.25, 0.3) is 0 Å². The van der Waals surface area contributed by atoms with Crippen LogP contribution in [-0.2, 0) is 35.5 Å². The van der Waals surface area contributed by atoms with Gasteiger partial charge < -0.3 is 14.6 Å². The Morgan fingerprint density at radius 1 is 1.36 bits per heavy atom. The summed E-state index contributed by atoms with van der Waals surface area (Å²) in [5.41, 5.74) is 3.13. The van der Waals surface area contributed by atoms with Gasteiger partial charge in [0.2, 0.25) is 5.91 Å². The Bertz CT molecular complexity index is 937. The third-order valence-electron chi connectivity index (χ3n) is 5.01. The first kappa shape index (κ1) is 18.8. The second kappa shape index (κ2) is 8.62. The van der Waals surface area contributed by atoms with Gasteiger partial charge in [-0.2, -0.15) is 0 Å². The van der Waals surface area contributed by atoms with Gasteiger partial charge in [-0.3, -0.25) is 9.78 Å². The Labute approximate surface area is 167 Å². The highest BCUT2D eigenvalue weighted by Gasteiger charge is 2.27. The minimum absolute atomic E-state index is 0.0322. The third kappa shape index (κ3) is 4.13. The van der Waals surface area contributed by atoms with Crippen molar-refractivity contribution in [1.29, 1.82) is 0 Å². The van der Waals surface area contributed by atoms with Crippen LogP contribution < -0.4 is 5.32 Å². The van der Waals surface area contributed by atoms with E-state index < -0.39 is 0 Å². The van der Waals surface area contributed by atoms with Gasteiger partial charge in [-0.25, -0.2) is 9.97 Å². The monoisotopic (exact) mass is 397 g/mol. The van der Waals surface area contributed by atoms with Gasteiger partial charge in [0.05, 0.1) is 30.9 Å². The summed E-state index contributed by atoms with van der Waals surface area (Å²) in [5.74, 6) is 0.0545. The predicted octanol–water partition coefficient (Wildman–Crippen LogP) is 2.47. The van der Waals surface area contributed by atoms with Crippen molar-refractivity contribution in [1.82, 2.24) is 24.8 Å². The second-order valence-electron chi connectivity index (χ2n) is 6.85. The van der Waals surface area contributed by atoms with Crippen LogP contribution in [0.1, 0.15) is 22.7 Å². The number of nitrogens with zero attached hydrogens (tertiary/aromatic N) is 4. The Morgan fingerprint density at radius 2 is 2.21 bits per heavy atom. The molecule has 0 saturated heterocycles. The number of methoxy groups -OCH3 is 1.